The number of fused-ring (bicyclic) bond motifs is 1. The van der Waals surface area contributed by atoms with E-state index in [1.807, 2.05) is 48.5 Å². The van der Waals surface area contributed by atoms with E-state index in [0.717, 1.165) is 15.6 Å². The minimum atomic E-state index is -0.257. The third kappa shape index (κ3) is 2.60. The summed E-state index contributed by atoms with van der Waals surface area (Å²) in [5.41, 5.74) is 2.48. The van der Waals surface area contributed by atoms with Gasteiger partial charge in [-0.2, -0.15) is 4.37 Å². The Morgan fingerprint density at radius 1 is 1.13 bits per heavy atom. The van der Waals surface area contributed by atoms with Crippen LogP contribution in [0.5, 0.6) is 0 Å². The molecule has 5 nitrogen and oxygen atoms in total. The fourth-order valence-corrected chi connectivity index (χ4v) is 2.98. The molecule has 0 aliphatic carbocycles. The van der Waals surface area contributed by atoms with Crippen LogP contribution in [0.4, 0.5) is 5.69 Å². The molecule has 4 aromatic rings. The second kappa shape index (κ2) is 5.66. The minimum absolute atomic E-state index is 0.257. The van der Waals surface area contributed by atoms with E-state index in [9.17, 15) is 4.79 Å². The molecule has 0 saturated heterocycles. The summed E-state index contributed by atoms with van der Waals surface area (Å²) in [6.45, 7) is 0. The summed E-state index contributed by atoms with van der Waals surface area (Å²) >= 11 is 1.42. The zero-order chi connectivity index (χ0) is 15.6. The molecule has 112 valence electrons. The summed E-state index contributed by atoms with van der Waals surface area (Å²) < 4.78 is 10.2. The number of carbonyl (C=O) groups excluding carboxylic acids is 1. The summed E-state index contributed by atoms with van der Waals surface area (Å²) in [5.74, 6) is -0.257. The molecule has 0 saturated carbocycles. The standard InChI is InChI=1S/C17H11N3O2S/c21-17(19-13-6-7-15-12(8-13)9-18-23-15)14-10-22-20-16(14)11-4-2-1-3-5-11/h1-10H,(H,19,21). The second-order valence-electron chi connectivity index (χ2n) is 4.98. The van der Waals surface area contributed by atoms with Crippen LogP contribution >= 0.6 is 11.5 Å². The highest BCUT2D eigenvalue weighted by Gasteiger charge is 2.17. The van der Waals surface area contributed by atoms with Gasteiger partial charge in [-0.15, -0.1) is 0 Å². The van der Waals surface area contributed by atoms with Gasteiger partial charge in [-0.05, 0) is 29.7 Å². The molecule has 0 fully saturated rings. The molecule has 1 N–H and O–H groups in total. The number of aromatic nitrogens is 2. The van der Waals surface area contributed by atoms with Gasteiger partial charge in [0.1, 0.15) is 17.5 Å². The Morgan fingerprint density at radius 2 is 2.00 bits per heavy atom. The predicted octanol–water partition coefficient (Wildman–Crippen LogP) is 4.20. The van der Waals surface area contributed by atoms with Crippen LogP contribution in [0.3, 0.4) is 0 Å². The van der Waals surface area contributed by atoms with Gasteiger partial charge >= 0.3 is 0 Å². The van der Waals surface area contributed by atoms with Crippen molar-refractivity contribution in [1.29, 1.82) is 0 Å². The lowest BCUT2D eigenvalue weighted by atomic mass is 10.1. The van der Waals surface area contributed by atoms with Crippen LogP contribution in [0.15, 0.2) is 65.5 Å². The molecule has 0 bridgehead atoms. The Labute approximate surface area is 135 Å². The first kappa shape index (κ1) is 13.7. The first-order valence-electron chi connectivity index (χ1n) is 6.97. The van der Waals surface area contributed by atoms with E-state index in [-0.39, 0.29) is 5.91 Å². The quantitative estimate of drug-likeness (QED) is 0.614. The molecule has 0 aliphatic rings. The molecule has 0 aliphatic heterocycles. The van der Waals surface area contributed by atoms with E-state index < -0.39 is 0 Å². The van der Waals surface area contributed by atoms with Crippen LogP contribution in [0.2, 0.25) is 0 Å². The maximum Gasteiger partial charge on any atom is 0.261 e. The fraction of sp³-hybridized carbons (Fsp3) is 0. The van der Waals surface area contributed by atoms with Gasteiger partial charge in [0.15, 0.2) is 0 Å². The Kier molecular flexibility index (Phi) is 3.36. The number of nitrogens with one attached hydrogen (secondary N) is 1. The molecular weight excluding hydrogens is 310 g/mol. The molecule has 2 heterocycles. The van der Waals surface area contributed by atoms with Crippen molar-refractivity contribution in [2.45, 2.75) is 0 Å². The molecule has 23 heavy (non-hydrogen) atoms. The molecular formula is C17H11N3O2S. The van der Waals surface area contributed by atoms with Crippen LogP contribution in [-0.4, -0.2) is 15.4 Å². The molecule has 0 radical (unpaired) electrons. The first-order valence-corrected chi connectivity index (χ1v) is 7.74. The summed E-state index contributed by atoms with van der Waals surface area (Å²) in [4.78, 5) is 12.5. The van der Waals surface area contributed by atoms with E-state index in [1.54, 1.807) is 6.20 Å². The lowest BCUT2D eigenvalue weighted by Crippen LogP contribution is -2.12. The minimum Gasteiger partial charge on any atom is -0.363 e. The third-order valence-electron chi connectivity index (χ3n) is 3.47. The summed E-state index contributed by atoms with van der Waals surface area (Å²) in [6.07, 6.45) is 3.15. The van der Waals surface area contributed by atoms with Crippen LogP contribution < -0.4 is 5.32 Å². The van der Waals surface area contributed by atoms with Crippen LogP contribution in [0.25, 0.3) is 21.3 Å². The molecule has 4 rings (SSSR count). The van der Waals surface area contributed by atoms with Crippen molar-refractivity contribution in [3.8, 4) is 11.3 Å². The number of nitrogens with zero attached hydrogens (tertiary/aromatic N) is 2. The number of rotatable bonds is 3. The van der Waals surface area contributed by atoms with Gasteiger partial charge < -0.3 is 9.84 Å². The smallest absolute Gasteiger partial charge is 0.261 e. The Morgan fingerprint density at radius 3 is 2.87 bits per heavy atom. The molecule has 6 heteroatoms. The first-order chi connectivity index (χ1) is 11.3. The highest BCUT2D eigenvalue weighted by molar-refractivity contribution is 7.13. The number of hydrogen-bond acceptors (Lipinski definition) is 5. The van der Waals surface area contributed by atoms with Crippen molar-refractivity contribution in [3.63, 3.8) is 0 Å². The molecule has 1 amide bonds. The van der Waals surface area contributed by atoms with E-state index in [1.165, 1.54) is 17.8 Å². The SMILES string of the molecule is O=C(Nc1ccc2sncc2c1)c1conc1-c1ccccc1. The summed E-state index contributed by atoms with van der Waals surface area (Å²) in [5, 5.41) is 7.82. The summed E-state index contributed by atoms with van der Waals surface area (Å²) in [7, 11) is 0. The normalized spacial score (nSPS) is 10.8. The molecule has 2 aromatic carbocycles. The van der Waals surface area contributed by atoms with Gasteiger partial charge in [0.25, 0.3) is 5.91 Å². The predicted molar refractivity (Wildman–Crippen MR) is 89.5 cm³/mol. The molecule has 0 unspecified atom stereocenters. The Bertz CT molecular complexity index is 976. The Balaban J connectivity index is 1.64. The van der Waals surface area contributed by atoms with Gasteiger partial charge in [0, 0.05) is 22.8 Å². The highest BCUT2D eigenvalue weighted by Crippen LogP contribution is 2.25. The third-order valence-corrected chi connectivity index (χ3v) is 4.25. The van der Waals surface area contributed by atoms with Gasteiger partial charge in [-0.1, -0.05) is 35.5 Å². The topological polar surface area (TPSA) is 68.0 Å². The molecule has 0 atom stereocenters. The number of hydrogen-bond donors (Lipinski definition) is 1. The second-order valence-corrected chi connectivity index (χ2v) is 5.81. The Hall–Kier alpha value is -2.99. The van der Waals surface area contributed by atoms with Crippen molar-refractivity contribution in [1.82, 2.24) is 9.53 Å². The highest BCUT2D eigenvalue weighted by atomic mass is 32.1. The fourth-order valence-electron chi connectivity index (χ4n) is 2.35. The zero-order valence-electron chi connectivity index (χ0n) is 11.9. The number of anilines is 1. The number of carbonyl (C=O) groups is 1. The zero-order valence-corrected chi connectivity index (χ0v) is 12.7. The van der Waals surface area contributed by atoms with Gasteiger partial charge in [-0.25, -0.2) is 0 Å². The van der Waals surface area contributed by atoms with Gasteiger partial charge in [-0.3, -0.25) is 4.79 Å². The summed E-state index contributed by atoms with van der Waals surface area (Å²) in [6, 6.07) is 15.2. The van der Waals surface area contributed by atoms with E-state index >= 15 is 0 Å². The maximum absolute atomic E-state index is 12.5. The number of amides is 1. The average molecular weight is 321 g/mol. The van der Waals surface area contributed by atoms with E-state index in [2.05, 4.69) is 14.8 Å². The average Bonchev–Trinajstić information content (AvgIpc) is 3.24. The van der Waals surface area contributed by atoms with Crippen molar-refractivity contribution in [2.75, 3.05) is 5.32 Å². The van der Waals surface area contributed by atoms with Crippen molar-refractivity contribution in [2.24, 2.45) is 0 Å². The lowest BCUT2D eigenvalue weighted by molar-refractivity contribution is 0.102. The van der Waals surface area contributed by atoms with E-state index in [4.69, 9.17) is 4.52 Å². The molecule has 2 aromatic heterocycles. The molecule has 0 spiro atoms. The maximum atomic E-state index is 12.5. The van der Waals surface area contributed by atoms with Gasteiger partial charge in [0.05, 0.1) is 4.70 Å². The lowest BCUT2D eigenvalue weighted by Gasteiger charge is -2.05. The van der Waals surface area contributed by atoms with E-state index in [0.29, 0.717) is 16.9 Å². The van der Waals surface area contributed by atoms with Crippen LogP contribution in [0.1, 0.15) is 10.4 Å². The monoisotopic (exact) mass is 321 g/mol. The van der Waals surface area contributed by atoms with Gasteiger partial charge in [0.2, 0.25) is 0 Å². The van der Waals surface area contributed by atoms with Crippen molar-refractivity contribution in [3.05, 3.63) is 66.6 Å². The largest absolute Gasteiger partial charge is 0.363 e. The van der Waals surface area contributed by atoms with Crippen LogP contribution in [-0.2, 0) is 0 Å². The number of benzene rings is 2. The van der Waals surface area contributed by atoms with Crippen molar-refractivity contribution >= 4 is 33.2 Å². The van der Waals surface area contributed by atoms with Crippen molar-refractivity contribution < 1.29 is 9.32 Å². The van der Waals surface area contributed by atoms with Crippen LogP contribution in [0, 0.1) is 0 Å².